The average Bonchev–Trinajstić information content (AvgIpc) is 2.98. The van der Waals surface area contributed by atoms with Gasteiger partial charge in [0.25, 0.3) is 0 Å². The van der Waals surface area contributed by atoms with Crippen molar-refractivity contribution in [2.75, 3.05) is 5.32 Å². The van der Waals surface area contributed by atoms with Gasteiger partial charge in [-0.25, -0.2) is 4.57 Å². The molecule has 0 bridgehead atoms. The van der Waals surface area contributed by atoms with E-state index in [4.69, 9.17) is 0 Å². The highest BCUT2D eigenvalue weighted by atomic mass is 32.1. The second kappa shape index (κ2) is 7.15. The number of aryl methyl sites for hydroxylation is 1. The molecule has 0 atom stereocenters. The molecule has 0 fully saturated rings. The molecule has 0 radical (unpaired) electrons. The fourth-order valence-electron chi connectivity index (χ4n) is 3.11. The molecule has 1 aromatic heterocycles. The normalized spacial score (nSPS) is 13.8. The number of nitrogens with zero attached hydrogens (tertiary/aromatic N) is 3. The lowest BCUT2D eigenvalue weighted by Crippen LogP contribution is -2.32. The van der Waals surface area contributed by atoms with Crippen LogP contribution in [0.1, 0.15) is 23.4 Å². The van der Waals surface area contributed by atoms with Gasteiger partial charge in [-0.2, -0.15) is 0 Å². The van der Waals surface area contributed by atoms with E-state index in [0.717, 1.165) is 28.6 Å². The summed E-state index contributed by atoms with van der Waals surface area (Å²) in [4.78, 5) is 1.48. The number of anilines is 2. The van der Waals surface area contributed by atoms with E-state index in [9.17, 15) is 0 Å². The minimum Gasteiger partial charge on any atom is -0.356 e. The van der Waals surface area contributed by atoms with E-state index < -0.39 is 0 Å². The maximum absolute atomic E-state index is 4.48. The lowest BCUT2D eigenvalue weighted by Gasteiger charge is -2.07. The van der Waals surface area contributed by atoms with E-state index in [1.165, 1.54) is 29.8 Å². The molecule has 25 heavy (non-hydrogen) atoms. The number of nitrogens with one attached hydrogen (secondary N) is 1. The van der Waals surface area contributed by atoms with Crippen LogP contribution >= 0.6 is 11.3 Å². The zero-order valence-corrected chi connectivity index (χ0v) is 15.1. The molecule has 0 unspecified atom stereocenters. The summed E-state index contributed by atoms with van der Waals surface area (Å²) in [6.07, 6.45) is 4.92. The van der Waals surface area contributed by atoms with Crippen LogP contribution in [-0.2, 0) is 19.9 Å². The number of azo groups is 1. The second-order valence-electron chi connectivity index (χ2n) is 6.26. The Labute approximate surface area is 151 Å². The summed E-state index contributed by atoms with van der Waals surface area (Å²) < 4.78 is 2.20. The molecule has 4 nitrogen and oxygen atoms in total. The van der Waals surface area contributed by atoms with E-state index in [-0.39, 0.29) is 0 Å². The molecule has 0 aliphatic heterocycles. The van der Waals surface area contributed by atoms with Crippen molar-refractivity contribution in [3.63, 3.8) is 0 Å². The SMILES string of the molecule is C[n+]1c(N=Nc2ccc(Nc3ccccc3)cc2)sc2c1CCCC2. The fourth-order valence-corrected chi connectivity index (χ4v) is 4.26. The third-order valence-corrected chi connectivity index (χ3v) is 5.70. The zero-order chi connectivity index (χ0) is 17.1. The van der Waals surface area contributed by atoms with Gasteiger partial charge in [0.15, 0.2) is 0 Å². The van der Waals surface area contributed by atoms with Crippen molar-refractivity contribution in [2.24, 2.45) is 17.3 Å². The molecule has 0 spiro atoms. The Morgan fingerprint density at radius 1 is 0.880 bits per heavy atom. The van der Waals surface area contributed by atoms with Crippen molar-refractivity contribution < 1.29 is 4.57 Å². The molecule has 4 rings (SSSR count). The maximum Gasteiger partial charge on any atom is 0.408 e. The third kappa shape index (κ3) is 3.61. The molecule has 5 heteroatoms. The van der Waals surface area contributed by atoms with Gasteiger partial charge < -0.3 is 5.32 Å². The number of benzene rings is 2. The Hall–Kier alpha value is -2.53. The van der Waals surface area contributed by atoms with E-state index in [0.29, 0.717) is 0 Å². The summed E-state index contributed by atoms with van der Waals surface area (Å²) in [5.74, 6) is 0. The molecule has 0 saturated heterocycles. The highest BCUT2D eigenvalue weighted by Gasteiger charge is 2.24. The molecule has 1 aliphatic rings. The summed E-state index contributed by atoms with van der Waals surface area (Å²) in [5, 5.41) is 13.3. The molecule has 1 heterocycles. The number of thiazole rings is 1. The number of rotatable bonds is 4. The fraction of sp³-hybridized carbons (Fsp3) is 0.250. The molecular weight excluding hydrogens is 328 g/mol. The van der Waals surface area contributed by atoms with Crippen molar-refractivity contribution in [3.8, 4) is 0 Å². The molecule has 126 valence electrons. The van der Waals surface area contributed by atoms with Crippen molar-refractivity contribution >= 4 is 33.5 Å². The Balaban J connectivity index is 1.48. The van der Waals surface area contributed by atoms with Crippen LogP contribution < -0.4 is 9.88 Å². The predicted octanol–water partition coefficient (Wildman–Crippen LogP) is 5.61. The monoisotopic (exact) mass is 349 g/mol. The largest absolute Gasteiger partial charge is 0.408 e. The first kappa shape index (κ1) is 16.0. The Morgan fingerprint density at radius 3 is 2.36 bits per heavy atom. The summed E-state index contributed by atoms with van der Waals surface area (Å²) in [7, 11) is 2.10. The first-order chi connectivity index (χ1) is 12.3. The van der Waals surface area contributed by atoms with Crippen LogP contribution in [0.15, 0.2) is 64.8 Å². The van der Waals surface area contributed by atoms with E-state index in [1.807, 2.05) is 54.6 Å². The number of aromatic nitrogens is 1. The molecule has 0 amide bonds. The van der Waals surface area contributed by atoms with Crippen molar-refractivity contribution in [1.82, 2.24) is 0 Å². The number of para-hydroxylation sites is 1. The first-order valence-corrected chi connectivity index (χ1v) is 9.46. The van der Waals surface area contributed by atoms with Crippen molar-refractivity contribution in [2.45, 2.75) is 25.7 Å². The number of hydrogen-bond donors (Lipinski definition) is 1. The number of fused-ring (bicyclic) bond motifs is 1. The highest BCUT2D eigenvalue weighted by Crippen LogP contribution is 2.30. The molecule has 3 aromatic rings. The summed E-state index contributed by atoms with van der Waals surface area (Å²) in [6.45, 7) is 0. The lowest BCUT2D eigenvalue weighted by molar-refractivity contribution is -0.662. The van der Waals surface area contributed by atoms with Crippen LogP contribution in [0.25, 0.3) is 0 Å². The van der Waals surface area contributed by atoms with Gasteiger partial charge in [0.05, 0.1) is 17.0 Å². The first-order valence-electron chi connectivity index (χ1n) is 8.64. The van der Waals surface area contributed by atoms with Crippen LogP contribution in [0.3, 0.4) is 0 Å². The molecule has 2 aromatic carbocycles. The zero-order valence-electron chi connectivity index (χ0n) is 14.3. The van der Waals surface area contributed by atoms with Crippen LogP contribution in [0.5, 0.6) is 0 Å². The molecule has 0 saturated carbocycles. The van der Waals surface area contributed by atoms with Gasteiger partial charge in [-0.1, -0.05) is 18.2 Å². The quantitative estimate of drug-likeness (QED) is 0.482. The Kier molecular flexibility index (Phi) is 4.57. The summed E-state index contributed by atoms with van der Waals surface area (Å²) >= 11 is 1.78. The average molecular weight is 349 g/mol. The lowest BCUT2D eigenvalue weighted by atomic mass is 10.0. The molecule has 1 N–H and O–H groups in total. The van der Waals surface area contributed by atoms with Gasteiger partial charge in [-0.05, 0) is 72.1 Å². The number of hydrogen-bond acceptors (Lipinski definition) is 4. The van der Waals surface area contributed by atoms with Crippen LogP contribution in [-0.4, -0.2) is 0 Å². The van der Waals surface area contributed by atoms with Crippen molar-refractivity contribution in [3.05, 3.63) is 65.2 Å². The minimum absolute atomic E-state index is 0.866. The van der Waals surface area contributed by atoms with Gasteiger partial charge in [0.1, 0.15) is 11.4 Å². The van der Waals surface area contributed by atoms with Crippen LogP contribution in [0, 0.1) is 0 Å². The van der Waals surface area contributed by atoms with Crippen molar-refractivity contribution in [1.29, 1.82) is 0 Å². The topological polar surface area (TPSA) is 40.6 Å². The van der Waals surface area contributed by atoms with Gasteiger partial charge in [-0.3, -0.25) is 0 Å². The second-order valence-corrected chi connectivity index (χ2v) is 7.32. The van der Waals surface area contributed by atoms with Gasteiger partial charge in [0.2, 0.25) is 0 Å². The van der Waals surface area contributed by atoms with Gasteiger partial charge in [0, 0.05) is 17.8 Å². The molecule has 1 aliphatic carbocycles. The third-order valence-electron chi connectivity index (χ3n) is 4.48. The van der Waals surface area contributed by atoms with Gasteiger partial charge in [-0.15, -0.1) is 0 Å². The van der Waals surface area contributed by atoms with Gasteiger partial charge >= 0.3 is 5.13 Å². The van der Waals surface area contributed by atoms with E-state index >= 15 is 0 Å². The summed E-state index contributed by atoms with van der Waals surface area (Å²) in [6, 6.07) is 18.2. The van der Waals surface area contributed by atoms with Crippen LogP contribution in [0.4, 0.5) is 22.2 Å². The predicted molar refractivity (Wildman–Crippen MR) is 102 cm³/mol. The van der Waals surface area contributed by atoms with Crippen LogP contribution in [0.2, 0.25) is 0 Å². The Morgan fingerprint density at radius 2 is 1.60 bits per heavy atom. The standard InChI is InChI=1S/C20H20N4S/c1-24-18-9-5-6-10-19(18)25-20(24)23-22-17-13-11-16(12-14-17)21-15-7-3-2-4-8-15/h2-4,7-8,11-14H,5-6,9-10H2,1H3/p+1. The van der Waals surface area contributed by atoms with E-state index in [1.54, 1.807) is 11.3 Å². The summed E-state index contributed by atoms with van der Waals surface area (Å²) in [5.41, 5.74) is 4.42. The minimum atomic E-state index is 0.866. The Bertz CT molecular complexity index is 882. The molecular formula is C20H21N4S+. The smallest absolute Gasteiger partial charge is 0.356 e. The maximum atomic E-state index is 4.48. The van der Waals surface area contributed by atoms with E-state index in [2.05, 4.69) is 27.2 Å². The highest BCUT2D eigenvalue weighted by molar-refractivity contribution is 7.14.